The summed E-state index contributed by atoms with van der Waals surface area (Å²) in [5.74, 6) is 0.857. The van der Waals surface area contributed by atoms with Crippen LogP contribution in [-0.2, 0) is 0 Å². The standard InChI is InChI=1S/C11H15N3/c1-2-10(7-12-4-1)14-5-3-9-6-13-8-11(9)14/h1-2,4,7,9,11,13H,3,5-6,8H2/t9-,11?/m1/s1. The van der Waals surface area contributed by atoms with Crippen LogP contribution in [0.25, 0.3) is 0 Å². The van der Waals surface area contributed by atoms with Crippen molar-refractivity contribution in [3.63, 3.8) is 0 Å². The molecule has 2 aliphatic heterocycles. The van der Waals surface area contributed by atoms with Crippen LogP contribution in [-0.4, -0.2) is 30.7 Å². The molecule has 2 saturated heterocycles. The number of hydrogen-bond donors (Lipinski definition) is 1. The van der Waals surface area contributed by atoms with Crippen LogP contribution >= 0.6 is 0 Å². The van der Waals surface area contributed by atoms with E-state index in [-0.39, 0.29) is 0 Å². The van der Waals surface area contributed by atoms with E-state index in [1.165, 1.54) is 25.2 Å². The van der Waals surface area contributed by atoms with Gasteiger partial charge in [0, 0.05) is 31.9 Å². The van der Waals surface area contributed by atoms with Crippen molar-refractivity contribution in [2.75, 3.05) is 24.5 Å². The summed E-state index contributed by atoms with van der Waals surface area (Å²) in [6.07, 6.45) is 5.14. The van der Waals surface area contributed by atoms with Gasteiger partial charge in [-0.1, -0.05) is 0 Å². The van der Waals surface area contributed by atoms with Crippen LogP contribution in [0.15, 0.2) is 24.5 Å². The highest BCUT2D eigenvalue weighted by molar-refractivity contribution is 5.46. The Bertz CT molecular complexity index is 312. The average molecular weight is 189 g/mol. The molecule has 0 radical (unpaired) electrons. The maximum Gasteiger partial charge on any atom is 0.0555 e. The number of rotatable bonds is 1. The number of nitrogens with zero attached hydrogens (tertiary/aromatic N) is 2. The summed E-state index contributed by atoms with van der Waals surface area (Å²) in [5.41, 5.74) is 1.28. The van der Waals surface area contributed by atoms with Crippen molar-refractivity contribution in [3.8, 4) is 0 Å². The molecule has 0 spiro atoms. The Hall–Kier alpha value is -1.09. The lowest BCUT2D eigenvalue weighted by Crippen LogP contribution is -2.34. The zero-order valence-corrected chi connectivity index (χ0v) is 8.19. The molecule has 14 heavy (non-hydrogen) atoms. The Labute approximate surface area is 84.1 Å². The predicted octanol–water partition coefficient (Wildman–Crippen LogP) is 0.880. The smallest absolute Gasteiger partial charge is 0.0555 e. The molecule has 2 fully saturated rings. The molecule has 2 aliphatic rings. The highest BCUT2D eigenvalue weighted by atomic mass is 15.2. The molecule has 0 saturated carbocycles. The maximum absolute atomic E-state index is 4.18. The first-order valence-electron chi connectivity index (χ1n) is 5.32. The number of nitrogens with one attached hydrogen (secondary N) is 1. The van der Waals surface area contributed by atoms with Crippen molar-refractivity contribution < 1.29 is 0 Å². The van der Waals surface area contributed by atoms with Gasteiger partial charge in [0.15, 0.2) is 0 Å². The molecule has 0 aromatic carbocycles. The summed E-state index contributed by atoms with van der Waals surface area (Å²) in [5, 5.41) is 3.46. The first kappa shape index (κ1) is 8.24. The van der Waals surface area contributed by atoms with Gasteiger partial charge < -0.3 is 10.2 Å². The zero-order valence-electron chi connectivity index (χ0n) is 8.19. The third-order valence-electron chi connectivity index (χ3n) is 3.42. The molecule has 1 aromatic heterocycles. The van der Waals surface area contributed by atoms with Gasteiger partial charge in [-0.15, -0.1) is 0 Å². The van der Waals surface area contributed by atoms with E-state index in [0.29, 0.717) is 6.04 Å². The van der Waals surface area contributed by atoms with Gasteiger partial charge in [0.25, 0.3) is 0 Å². The van der Waals surface area contributed by atoms with Gasteiger partial charge in [0.05, 0.1) is 11.9 Å². The lowest BCUT2D eigenvalue weighted by Gasteiger charge is -2.25. The topological polar surface area (TPSA) is 28.2 Å². The van der Waals surface area contributed by atoms with Crippen LogP contribution in [0.4, 0.5) is 5.69 Å². The van der Waals surface area contributed by atoms with Gasteiger partial charge >= 0.3 is 0 Å². The molecule has 0 bridgehead atoms. The van der Waals surface area contributed by atoms with Crippen molar-refractivity contribution >= 4 is 5.69 Å². The summed E-state index contributed by atoms with van der Waals surface area (Å²) in [6.45, 7) is 3.53. The highest BCUT2D eigenvalue weighted by Gasteiger charge is 2.37. The Kier molecular flexibility index (Phi) is 1.91. The van der Waals surface area contributed by atoms with Gasteiger partial charge in [0.1, 0.15) is 0 Å². The molecule has 0 amide bonds. The van der Waals surface area contributed by atoms with E-state index >= 15 is 0 Å². The minimum atomic E-state index is 0.708. The summed E-state index contributed by atoms with van der Waals surface area (Å²) < 4.78 is 0. The molecule has 74 valence electrons. The van der Waals surface area contributed by atoms with Crippen LogP contribution in [0.1, 0.15) is 6.42 Å². The highest BCUT2D eigenvalue weighted by Crippen LogP contribution is 2.31. The maximum atomic E-state index is 4.18. The molecular formula is C11H15N3. The monoisotopic (exact) mass is 189 g/mol. The summed E-state index contributed by atoms with van der Waals surface area (Å²) in [7, 11) is 0. The molecule has 3 rings (SSSR count). The SMILES string of the molecule is c1cncc(N2CC[C@@H]3CNCC32)c1. The molecule has 0 aliphatic carbocycles. The molecule has 1 unspecified atom stereocenters. The number of pyridine rings is 1. The van der Waals surface area contributed by atoms with E-state index in [0.717, 1.165) is 12.5 Å². The second-order valence-corrected chi connectivity index (χ2v) is 4.18. The van der Waals surface area contributed by atoms with Crippen LogP contribution in [0.2, 0.25) is 0 Å². The zero-order chi connectivity index (χ0) is 9.38. The van der Waals surface area contributed by atoms with Crippen LogP contribution in [0.3, 0.4) is 0 Å². The number of hydrogen-bond acceptors (Lipinski definition) is 3. The van der Waals surface area contributed by atoms with E-state index in [2.05, 4.69) is 21.3 Å². The fourth-order valence-electron chi connectivity index (χ4n) is 2.69. The second-order valence-electron chi connectivity index (χ2n) is 4.18. The Morgan fingerprint density at radius 2 is 2.43 bits per heavy atom. The molecular weight excluding hydrogens is 174 g/mol. The third kappa shape index (κ3) is 1.20. The van der Waals surface area contributed by atoms with Gasteiger partial charge in [0.2, 0.25) is 0 Å². The minimum Gasteiger partial charge on any atom is -0.366 e. The van der Waals surface area contributed by atoms with Gasteiger partial charge in [-0.25, -0.2) is 0 Å². The molecule has 2 atom stereocenters. The molecule has 1 N–H and O–H groups in total. The molecule has 3 heterocycles. The van der Waals surface area contributed by atoms with Gasteiger partial charge in [-0.05, 0) is 24.5 Å². The van der Waals surface area contributed by atoms with E-state index in [4.69, 9.17) is 0 Å². The normalized spacial score (nSPS) is 30.7. The first-order chi connectivity index (χ1) is 6.95. The fourth-order valence-corrected chi connectivity index (χ4v) is 2.69. The summed E-state index contributed by atoms with van der Waals surface area (Å²) in [4.78, 5) is 6.68. The molecule has 3 heteroatoms. The van der Waals surface area contributed by atoms with Crippen LogP contribution in [0.5, 0.6) is 0 Å². The summed E-state index contributed by atoms with van der Waals surface area (Å²) >= 11 is 0. The van der Waals surface area contributed by atoms with Crippen LogP contribution in [0, 0.1) is 5.92 Å². The van der Waals surface area contributed by atoms with Gasteiger partial charge in [-0.3, -0.25) is 4.98 Å². The molecule has 1 aromatic rings. The quantitative estimate of drug-likeness (QED) is 0.711. The van der Waals surface area contributed by atoms with Crippen molar-refractivity contribution in [3.05, 3.63) is 24.5 Å². The van der Waals surface area contributed by atoms with Crippen molar-refractivity contribution in [1.29, 1.82) is 0 Å². The largest absolute Gasteiger partial charge is 0.366 e. The third-order valence-corrected chi connectivity index (χ3v) is 3.42. The van der Waals surface area contributed by atoms with E-state index in [1.807, 2.05) is 18.5 Å². The van der Waals surface area contributed by atoms with Gasteiger partial charge in [-0.2, -0.15) is 0 Å². The lowest BCUT2D eigenvalue weighted by atomic mass is 10.1. The van der Waals surface area contributed by atoms with Crippen molar-refractivity contribution in [2.45, 2.75) is 12.5 Å². The van der Waals surface area contributed by atoms with Crippen LogP contribution < -0.4 is 10.2 Å². The van der Waals surface area contributed by atoms with E-state index < -0.39 is 0 Å². The summed E-state index contributed by atoms with van der Waals surface area (Å²) in [6, 6.07) is 4.89. The second kappa shape index (κ2) is 3.24. The van der Waals surface area contributed by atoms with E-state index in [1.54, 1.807) is 0 Å². The molecule has 3 nitrogen and oxygen atoms in total. The fraction of sp³-hybridized carbons (Fsp3) is 0.545. The minimum absolute atomic E-state index is 0.708. The van der Waals surface area contributed by atoms with Crippen molar-refractivity contribution in [1.82, 2.24) is 10.3 Å². The Morgan fingerprint density at radius 1 is 1.43 bits per heavy atom. The number of anilines is 1. The van der Waals surface area contributed by atoms with Crippen molar-refractivity contribution in [2.24, 2.45) is 5.92 Å². The number of fused-ring (bicyclic) bond motifs is 1. The predicted molar refractivity (Wildman–Crippen MR) is 56.3 cm³/mol. The Morgan fingerprint density at radius 3 is 3.29 bits per heavy atom. The average Bonchev–Trinajstić information content (AvgIpc) is 2.79. The lowest BCUT2D eigenvalue weighted by molar-refractivity contribution is 0.578. The number of aromatic nitrogens is 1. The van der Waals surface area contributed by atoms with E-state index in [9.17, 15) is 0 Å². The Balaban J connectivity index is 1.86. The first-order valence-corrected chi connectivity index (χ1v) is 5.32.